The van der Waals surface area contributed by atoms with Gasteiger partial charge in [-0.3, -0.25) is 9.69 Å². The minimum Gasteiger partial charge on any atom is -0.497 e. The molecule has 1 atom stereocenters. The topological polar surface area (TPSA) is 67.3 Å². The van der Waals surface area contributed by atoms with Crippen molar-refractivity contribution in [3.05, 3.63) is 47.3 Å². The van der Waals surface area contributed by atoms with Crippen LogP contribution in [0.15, 0.2) is 35.5 Å². The molecule has 1 saturated heterocycles. The van der Waals surface area contributed by atoms with E-state index in [9.17, 15) is 4.79 Å². The van der Waals surface area contributed by atoms with Crippen LogP contribution in [0.4, 0.5) is 0 Å². The average molecular weight is 401 g/mol. The number of carbonyl (C=O) groups is 1. The smallest absolute Gasteiger partial charge is 0.230 e. The summed E-state index contributed by atoms with van der Waals surface area (Å²) >= 11 is 1.37. The van der Waals surface area contributed by atoms with Gasteiger partial charge in [0.25, 0.3) is 0 Å². The van der Waals surface area contributed by atoms with Crippen LogP contribution < -0.4 is 10.1 Å². The first-order valence-corrected chi connectivity index (χ1v) is 10.6. The van der Waals surface area contributed by atoms with Crippen LogP contribution in [0.2, 0.25) is 0 Å². The second-order valence-electron chi connectivity index (χ2n) is 7.06. The summed E-state index contributed by atoms with van der Waals surface area (Å²) in [6.07, 6.45) is 2.41. The zero-order valence-electron chi connectivity index (χ0n) is 16.8. The number of hydrogen-bond acceptors (Lipinski definition) is 6. The van der Waals surface area contributed by atoms with Crippen molar-refractivity contribution in [2.45, 2.75) is 37.9 Å². The molecular weight excluding hydrogens is 372 g/mol. The highest BCUT2D eigenvalue weighted by molar-refractivity contribution is 7.99. The molecule has 1 aromatic heterocycles. The number of ether oxygens (including phenoxy) is 1. The second-order valence-corrected chi connectivity index (χ2v) is 8.00. The molecule has 2 aromatic rings. The molecule has 2 heterocycles. The Morgan fingerprint density at radius 2 is 1.93 bits per heavy atom. The van der Waals surface area contributed by atoms with Gasteiger partial charge in [-0.05, 0) is 63.5 Å². The predicted octanol–water partition coefficient (Wildman–Crippen LogP) is 3.15. The van der Waals surface area contributed by atoms with Gasteiger partial charge in [0.15, 0.2) is 5.16 Å². The first-order chi connectivity index (χ1) is 13.5. The standard InChI is InChI=1S/C21H28N4O2S/c1-15-11-16(2)24-21(23-15)28-14-20(26)22-13-19(25-9-4-5-10-25)17-7-6-8-18(12-17)27-3/h6-8,11-12,19H,4-5,9-10,13-14H2,1-3H3,(H,22,26). The summed E-state index contributed by atoms with van der Waals surface area (Å²) in [5.74, 6) is 1.16. The zero-order valence-corrected chi connectivity index (χ0v) is 17.6. The number of rotatable bonds is 8. The van der Waals surface area contributed by atoms with E-state index in [2.05, 4.69) is 32.3 Å². The van der Waals surface area contributed by atoms with Crippen molar-refractivity contribution in [3.63, 3.8) is 0 Å². The normalized spacial score (nSPS) is 15.4. The number of methoxy groups -OCH3 is 1. The van der Waals surface area contributed by atoms with E-state index in [1.165, 1.54) is 30.2 Å². The molecule has 3 rings (SSSR count). The summed E-state index contributed by atoms with van der Waals surface area (Å²) in [7, 11) is 1.68. The largest absolute Gasteiger partial charge is 0.497 e. The van der Waals surface area contributed by atoms with Gasteiger partial charge in [-0.1, -0.05) is 23.9 Å². The number of aromatic nitrogens is 2. The quantitative estimate of drug-likeness (QED) is 0.542. The van der Waals surface area contributed by atoms with Gasteiger partial charge < -0.3 is 10.1 Å². The van der Waals surface area contributed by atoms with Crippen molar-refractivity contribution < 1.29 is 9.53 Å². The van der Waals surface area contributed by atoms with Crippen molar-refractivity contribution in [1.29, 1.82) is 0 Å². The number of thioether (sulfide) groups is 1. The fraction of sp³-hybridized carbons (Fsp3) is 0.476. The number of benzene rings is 1. The van der Waals surface area contributed by atoms with Crippen molar-refractivity contribution in [3.8, 4) is 5.75 Å². The average Bonchev–Trinajstić information content (AvgIpc) is 3.20. The highest BCUT2D eigenvalue weighted by Gasteiger charge is 2.24. The van der Waals surface area contributed by atoms with E-state index in [1.54, 1.807) is 7.11 Å². The zero-order chi connectivity index (χ0) is 19.9. The maximum atomic E-state index is 12.4. The van der Waals surface area contributed by atoms with Crippen LogP contribution in [0.5, 0.6) is 5.75 Å². The van der Waals surface area contributed by atoms with Crippen LogP contribution in [0, 0.1) is 13.8 Å². The number of carbonyl (C=O) groups excluding carboxylic acids is 1. The first kappa shape index (κ1) is 20.6. The van der Waals surface area contributed by atoms with Gasteiger partial charge in [0, 0.05) is 17.9 Å². The number of hydrogen-bond donors (Lipinski definition) is 1. The summed E-state index contributed by atoms with van der Waals surface area (Å²) in [5, 5.41) is 3.75. The van der Waals surface area contributed by atoms with Gasteiger partial charge >= 0.3 is 0 Å². The highest BCUT2D eigenvalue weighted by atomic mass is 32.2. The van der Waals surface area contributed by atoms with Crippen LogP contribution in [-0.2, 0) is 4.79 Å². The van der Waals surface area contributed by atoms with E-state index in [0.29, 0.717) is 17.5 Å². The van der Waals surface area contributed by atoms with Crippen molar-refractivity contribution >= 4 is 17.7 Å². The second kappa shape index (κ2) is 9.89. The Bertz CT molecular complexity index is 788. The molecule has 7 heteroatoms. The molecule has 1 amide bonds. The Kier molecular flexibility index (Phi) is 7.28. The molecule has 6 nitrogen and oxygen atoms in total. The van der Waals surface area contributed by atoms with E-state index in [-0.39, 0.29) is 11.9 Å². The first-order valence-electron chi connectivity index (χ1n) is 9.65. The molecule has 0 spiro atoms. The molecule has 150 valence electrons. The van der Waals surface area contributed by atoms with Crippen molar-refractivity contribution in [2.24, 2.45) is 0 Å². The maximum absolute atomic E-state index is 12.4. The lowest BCUT2D eigenvalue weighted by Crippen LogP contribution is -2.37. The van der Waals surface area contributed by atoms with Crippen LogP contribution in [-0.4, -0.2) is 53.3 Å². The molecule has 1 fully saturated rings. The minimum absolute atomic E-state index is 0.000137. The molecule has 0 radical (unpaired) electrons. The molecule has 0 aliphatic carbocycles. The van der Waals surface area contributed by atoms with Crippen molar-refractivity contribution in [2.75, 3.05) is 32.5 Å². The fourth-order valence-corrected chi connectivity index (χ4v) is 4.29. The van der Waals surface area contributed by atoms with Crippen molar-refractivity contribution in [1.82, 2.24) is 20.2 Å². The van der Waals surface area contributed by atoms with Crippen LogP contribution in [0.25, 0.3) is 0 Å². The lowest BCUT2D eigenvalue weighted by molar-refractivity contribution is -0.118. The van der Waals surface area contributed by atoms with E-state index in [4.69, 9.17) is 4.74 Å². The third kappa shape index (κ3) is 5.69. The fourth-order valence-electron chi connectivity index (χ4n) is 3.51. The van der Waals surface area contributed by atoms with E-state index in [0.717, 1.165) is 30.2 Å². The Balaban J connectivity index is 1.60. The Morgan fingerprint density at radius 3 is 2.61 bits per heavy atom. The molecule has 1 aromatic carbocycles. The summed E-state index contributed by atoms with van der Waals surface area (Å²) in [4.78, 5) is 23.6. The van der Waals surface area contributed by atoms with Gasteiger partial charge in [0.05, 0.1) is 18.9 Å². The van der Waals surface area contributed by atoms with E-state index < -0.39 is 0 Å². The summed E-state index contributed by atoms with van der Waals surface area (Å²) in [6.45, 7) is 6.58. The Hall–Kier alpha value is -2.12. The number of nitrogens with zero attached hydrogens (tertiary/aromatic N) is 3. The molecule has 1 aliphatic heterocycles. The lowest BCUT2D eigenvalue weighted by atomic mass is 10.0. The van der Waals surface area contributed by atoms with Gasteiger partial charge in [-0.15, -0.1) is 0 Å². The Morgan fingerprint density at radius 1 is 1.21 bits per heavy atom. The summed E-state index contributed by atoms with van der Waals surface area (Å²) < 4.78 is 5.38. The highest BCUT2D eigenvalue weighted by Crippen LogP contribution is 2.27. The molecular formula is C21H28N4O2S. The number of amides is 1. The maximum Gasteiger partial charge on any atom is 0.230 e. The van der Waals surface area contributed by atoms with Gasteiger partial charge in [0.1, 0.15) is 5.75 Å². The Labute approximate surface area is 171 Å². The third-order valence-electron chi connectivity index (χ3n) is 4.85. The van der Waals surface area contributed by atoms with Crippen LogP contribution >= 0.6 is 11.8 Å². The number of likely N-dealkylation sites (tertiary alicyclic amines) is 1. The number of nitrogens with one attached hydrogen (secondary N) is 1. The van der Waals surface area contributed by atoms with Gasteiger partial charge in [-0.25, -0.2) is 9.97 Å². The molecule has 1 unspecified atom stereocenters. The van der Waals surface area contributed by atoms with Gasteiger partial charge in [-0.2, -0.15) is 0 Å². The van der Waals surface area contributed by atoms with E-state index >= 15 is 0 Å². The monoisotopic (exact) mass is 400 g/mol. The van der Waals surface area contributed by atoms with Crippen LogP contribution in [0.3, 0.4) is 0 Å². The molecule has 0 saturated carbocycles. The minimum atomic E-state index is -0.000137. The number of aryl methyl sites for hydroxylation is 2. The SMILES string of the molecule is COc1cccc(C(CNC(=O)CSc2nc(C)cc(C)n2)N2CCCC2)c1. The summed E-state index contributed by atoms with van der Waals surface area (Å²) in [5.41, 5.74) is 3.01. The molecule has 1 aliphatic rings. The van der Waals surface area contributed by atoms with Crippen LogP contribution in [0.1, 0.15) is 35.8 Å². The summed E-state index contributed by atoms with van der Waals surface area (Å²) in [6, 6.07) is 10.2. The molecule has 28 heavy (non-hydrogen) atoms. The third-order valence-corrected chi connectivity index (χ3v) is 5.69. The molecule has 1 N–H and O–H groups in total. The van der Waals surface area contributed by atoms with Gasteiger partial charge in [0.2, 0.25) is 5.91 Å². The molecule has 0 bridgehead atoms. The predicted molar refractivity (Wildman–Crippen MR) is 112 cm³/mol. The lowest BCUT2D eigenvalue weighted by Gasteiger charge is -2.28. The van der Waals surface area contributed by atoms with E-state index in [1.807, 2.05) is 32.0 Å².